The fourth-order valence-electron chi connectivity index (χ4n) is 3.53. The quantitative estimate of drug-likeness (QED) is 0.158. The SMILES string of the molecule is CCc1c(OCOC)cc(OCOC)c(-c2ccccc2)c1CCC=C(C(=O)O)C(=O)OC. The van der Waals surface area contributed by atoms with Gasteiger partial charge in [-0.15, -0.1) is 0 Å². The molecule has 0 fully saturated rings. The number of methoxy groups -OCH3 is 3. The Hall–Kier alpha value is -3.36. The number of carbonyl (C=O) groups excluding carboxylic acids is 1. The van der Waals surface area contributed by atoms with Gasteiger partial charge in [0.05, 0.1) is 7.11 Å². The Labute approximate surface area is 193 Å². The van der Waals surface area contributed by atoms with Crippen LogP contribution in [0.3, 0.4) is 0 Å². The number of ether oxygens (including phenoxy) is 5. The fraction of sp³-hybridized carbons (Fsp3) is 0.360. The maximum absolute atomic E-state index is 11.8. The summed E-state index contributed by atoms with van der Waals surface area (Å²) < 4.78 is 26.5. The lowest BCUT2D eigenvalue weighted by atomic mass is 9.89. The van der Waals surface area contributed by atoms with Gasteiger partial charge in [0.15, 0.2) is 13.6 Å². The van der Waals surface area contributed by atoms with E-state index in [1.54, 1.807) is 0 Å². The van der Waals surface area contributed by atoms with Crippen molar-refractivity contribution in [1.82, 2.24) is 0 Å². The van der Waals surface area contributed by atoms with Gasteiger partial charge >= 0.3 is 11.9 Å². The van der Waals surface area contributed by atoms with Crippen LogP contribution in [0.5, 0.6) is 11.5 Å². The first-order valence-corrected chi connectivity index (χ1v) is 10.5. The summed E-state index contributed by atoms with van der Waals surface area (Å²) in [6, 6.07) is 11.5. The summed E-state index contributed by atoms with van der Waals surface area (Å²) in [5, 5.41) is 9.35. The molecule has 0 amide bonds. The highest BCUT2D eigenvalue weighted by Crippen LogP contribution is 2.41. The smallest absolute Gasteiger partial charge is 0.344 e. The van der Waals surface area contributed by atoms with Crippen molar-refractivity contribution in [2.45, 2.75) is 26.2 Å². The minimum absolute atomic E-state index is 0.0415. The molecule has 0 unspecified atom stereocenters. The van der Waals surface area contributed by atoms with Crippen molar-refractivity contribution in [1.29, 1.82) is 0 Å². The Morgan fingerprint density at radius 2 is 1.58 bits per heavy atom. The number of hydrogen-bond donors (Lipinski definition) is 1. The minimum Gasteiger partial charge on any atom is -0.477 e. The standard InChI is InChI=1S/C25H30O8/c1-5-18-19(12-9-13-20(24(26)27)25(28)31-4)23(17-10-7-6-8-11-17)22(33-16-30-3)14-21(18)32-15-29-2/h6-8,10-11,13-14H,5,9,12,15-16H2,1-4H3,(H,26,27). The summed E-state index contributed by atoms with van der Waals surface area (Å²) in [5.74, 6) is -1.04. The lowest BCUT2D eigenvalue weighted by Crippen LogP contribution is -2.14. The fourth-order valence-corrected chi connectivity index (χ4v) is 3.53. The number of rotatable bonds is 13. The molecule has 0 aliphatic carbocycles. The molecule has 178 valence electrons. The predicted molar refractivity (Wildman–Crippen MR) is 122 cm³/mol. The Bertz CT molecular complexity index is 966. The number of hydrogen-bond acceptors (Lipinski definition) is 7. The molecule has 0 aromatic heterocycles. The first kappa shape index (κ1) is 25.9. The van der Waals surface area contributed by atoms with Crippen LogP contribution in [0, 0.1) is 0 Å². The zero-order valence-electron chi connectivity index (χ0n) is 19.4. The lowest BCUT2D eigenvalue weighted by Gasteiger charge is -2.22. The van der Waals surface area contributed by atoms with Gasteiger partial charge in [-0.3, -0.25) is 0 Å². The van der Waals surface area contributed by atoms with Crippen LogP contribution < -0.4 is 9.47 Å². The van der Waals surface area contributed by atoms with E-state index in [4.69, 9.17) is 18.9 Å². The Balaban J connectivity index is 2.64. The van der Waals surface area contributed by atoms with E-state index in [0.717, 1.165) is 29.4 Å². The number of carboxylic acid groups (broad SMARTS) is 1. The molecule has 2 aromatic carbocycles. The van der Waals surface area contributed by atoms with Crippen LogP contribution in [0.1, 0.15) is 24.5 Å². The van der Waals surface area contributed by atoms with Crippen LogP contribution in [0.15, 0.2) is 48.0 Å². The number of allylic oxidation sites excluding steroid dienone is 1. The predicted octanol–water partition coefficient (Wildman–Crippen LogP) is 4.00. The zero-order chi connectivity index (χ0) is 24.2. The lowest BCUT2D eigenvalue weighted by molar-refractivity contribution is -0.142. The Morgan fingerprint density at radius 1 is 0.939 bits per heavy atom. The zero-order valence-corrected chi connectivity index (χ0v) is 19.4. The van der Waals surface area contributed by atoms with Crippen LogP contribution >= 0.6 is 0 Å². The summed E-state index contributed by atoms with van der Waals surface area (Å²) in [6.07, 6.45) is 2.77. The van der Waals surface area contributed by atoms with Gasteiger partial charge in [-0.05, 0) is 36.0 Å². The van der Waals surface area contributed by atoms with E-state index < -0.39 is 17.5 Å². The van der Waals surface area contributed by atoms with E-state index in [9.17, 15) is 14.7 Å². The second kappa shape index (κ2) is 13.2. The van der Waals surface area contributed by atoms with Gasteiger partial charge in [-0.2, -0.15) is 0 Å². The maximum atomic E-state index is 11.8. The number of benzene rings is 2. The third-order valence-electron chi connectivity index (χ3n) is 4.93. The molecular weight excluding hydrogens is 428 g/mol. The van der Waals surface area contributed by atoms with E-state index in [1.807, 2.05) is 43.3 Å². The van der Waals surface area contributed by atoms with Crippen molar-refractivity contribution in [2.75, 3.05) is 34.9 Å². The van der Waals surface area contributed by atoms with Crippen LogP contribution in [0.25, 0.3) is 11.1 Å². The van der Waals surface area contributed by atoms with Crippen LogP contribution in [-0.4, -0.2) is 52.0 Å². The molecule has 0 bridgehead atoms. The molecule has 0 atom stereocenters. The van der Waals surface area contributed by atoms with Gasteiger partial charge < -0.3 is 28.8 Å². The largest absolute Gasteiger partial charge is 0.477 e. The van der Waals surface area contributed by atoms with Crippen molar-refractivity contribution in [3.63, 3.8) is 0 Å². The van der Waals surface area contributed by atoms with E-state index >= 15 is 0 Å². The van der Waals surface area contributed by atoms with E-state index in [-0.39, 0.29) is 13.6 Å². The summed E-state index contributed by atoms with van der Waals surface area (Å²) >= 11 is 0. The second-order valence-corrected chi connectivity index (χ2v) is 6.98. The monoisotopic (exact) mass is 458 g/mol. The molecule has 33 heavy (non-hydrogen) atoms. The molecule has 0 radical (unpaired) electrons. The number of esters is 1. The minimum atomic E-state index is -1.33. The van der Waals surface area contributed by atoms with Gasteiger partial charge in [0.25, 0.3) is 0 Å². The summed E-state index contributed by atoms with van der Waals surface area (Å²) in [7, 11) is 4.23. The third kappa shape index (κ3) is 6.81. The van der Waals surface area contributed by atoms with Crippen molar-refractivity contribution >= 4 is 11.9 Å². The van der Waals surface area contributed by atoms with Crippen LogP contribution in [-0.2, 0) is 36.6 Å². The van der Waals surface area contributed by atoms with Gasteiger partial charge in [-0.25, -0.2) is 9.59 Å². The molecule has 8 nitrogen and oxygen atoms in total. The first-order chi connectivity index (χ1) is 16.0. The highest BCUT2D eigenvalue weighted by atomic mass is 16.7. The summed E-state index contributed by atoms with van der Waals surface area (Å²) in [4.78, 5) is 23.3. The van der Waals surface area contributed by atoms with Gasteiger partial charge in [0.2, 0.25) is 0 Å². The van der Waals surface area contributed by atoms with Crippen LogP contribution in [0.4, 0.5) is 0 Å². The van der Waals surface area contributed by atoms with Gasteiger partial charge in [-0.1, -0.05) is 43.3 Å². The topological polar surface area (TPSA) is 101 Å². The molecule has 2 aromatic rings. The second-order valence-electron chi connectivity index (χ2n) is 6.98. The molecule has 0 aliphatic heterocycles. The molecule has 0 saturated carbocycles. The summed E-state index contributed by atoms with van der Waals surface area (Å²) in [5.41, 5.74) is 3.26. The van der Waals surface area contributed by atoms with Crippen molar-refractivity contribution in [3.8, 4) is 22.6 Å². The van der Waals surface area contributed by atoms with E-state index in [2.05, 4.69) is 4.74 Å². The molecule has 0 spiro atoms. The molecular formula is C25H30O8. The Morgan fingerprint density at radius 3 is 2.12 bits per heavy atom. The van der Waals surface area contributed by atoms with Crippen molar-refractivity contribution in [3.05, 3.63) is 59.2 Å². The molecule has 2 rings (SSSR count). The summed E-state index contributed by atoms with van der Waals surface area (Å²) in [6.45, 7) is 2.11. The van der Waals surface area contributed by atoms with Crippen molar-refractivity contribution < 1.29 is 38.4 Å². The maximum Gasteiger partial charge on any atom is 0.344 e. The molecule has 8 heteroatoms. The van der Waals surface area contributed by atoms with Crippen LogP contribution in [0.2, 0.25) is 0 Å². The Kier molecular flexibility index (Phi) is 10.4. The van der Waals surface area contributed by atoms with Crippen molar-refractivity contribution in [2.24, 2.45) is 0 Å². The number of carboxylic acids is 1. The van der Waals surface area contributed by atoms with E-state index in [0.29, 0.717) is 30.8 Å². The first-order valence-electron chi connectivity index (χ1n) is 10.5. The highest BCUT2D eigenvalue weighted by molar-refractivity contribution is 6.13. The third-order valence-corrected chi connectivity index (χ3v) is 4.93. The van der Waals surface area contributed by atoms with E-state index in [1.165, 1.54) is 20.3 Å². The van der Waals surface area contributed by atoms with Gasteiger partial charge in [0.1, 0.15) is 17.1 Å². The normalized spacial score (nSPS) is 11.2. The average Bonchev–Trinajstić information content (AvgIpc) is 2.83. The molecule has 1 N–H and O–H groups in total. The number of aliphatic carboxylic acids is 1. The highest BCUT2D eigenvalue weighted by Gasteiger charge is 2.22. The molecule has 0 saturated heterocycles. The molecule has 0 aliphatic rings. The van der Waals surface area contributed by atoms with Gasteiger partial charge in [0, 0.05) is 25.8 Å². The average molecular weight is 459 g/mol. The number of carbonyl (C=O) groups is 2. The molecule has 0 heterocycles.